The minimum Gasteiger partial charge on any atom is -0.505 e. The van der Waals surface area contributed by atoms with Crippen molar-refractivity contribution in [2.75, 3.05) is 19.6 Å². The van der Waals surface area contributed by atoms with E-state index in [0.717, 1.165) is 19.2 Å². The van der Waals surface area contributed by atoms with Gasteiger partial charge in [0, 0.05) is 19.6 Å². The maximum atomic E-state index is 13.5. The second-order valence-corrected chi connectivity index (χ2v) is 10.1. The lowest BCUT2D eigenvalue weighted by molar-refractivity contribution is 0.121. The Bertz CT molecular complexity index is 936. The van der Waals surface area contributed by atoms with E-state index < -0.39 is 27.5 Å². The number of aliphatic hydroxyl groups is 1. The number of halogens is 1. The van der Waals surface area contributed by atoms with E-state index in [9.17, 15) is 23.0 Å². The molecule has 0 spiro atoms. The van der Waals surface area contributed by atoms with E-state index >= 15 is 0 Å². The van der Waals surface area contributed by atoms with Crippen molar-refractivity contribution in [3.8, 4) is 5.75 Å². The highest BCUT2D eigenvalue weighted by molar-refractivity contribution is 7.92. The Morgan fingerprint density at radius 2 is 1.71 bits per heavy atom. The van der Waals surface area contributed by atoms with Gasteiger partial charge in [-0.25, -0.2) is 12.8 Å². The van der Waals surface area contributed by atoms with Crippen LogP contribution >= 0.6 is 0 Å². The number of aliphatic hydroxyl groups excluding tert-OH is 1. The highest BCUT2D eigenvalue weighted by Crippen LogP contribution is 2.42. The molecule has 4 atom stereocenters. The van der Waals surface area contributed by atoms with Crippen molar-refractivity contribution in [1.82, 2.24) is 4.90 Å². The standard InChI is InChI=1S/C21H24FNO4S/c22-19-10-14(6-7-20(19)24)21(25)13-23-11-15-8-18(9-16(15)12-23)28(26,27)17-4-2-1-3-5-17/h1-7,10,15-16,18,21,24-25H,8-9,11-13H2/t15-,16+,18+,21?. The Labute approximate surface area is 164 Å². The smallest absolute Gasteiger partial charge is 0.181 e. The molecule has 0 amide bonds. The number of β-amino-alcohol motifs (C(OH)–C–C–N with tert-alkyl or cyclic N) is 1. The van der Waals surface area contributed by atoms with Gasteiger partial charge in [-0.15, -0.1) is 0 Å². The zero-order valence-electron chi connectivity index (χ0n) is 15.4. The lowest BCUT2D eigenvalue weighted by atomic mass is 10.0. The molecule has 4 rings (SSSR count). The fraction of sp³-hybridized carbons (Fsp3) is 0.429. The van der Waals surface area contributed by atoms with Crippen LogP contribution in [0.2, 0.25) is 0 Å². The number of benzene rings is 2. The summed E-state index contributed by atoms with van der Waals surface area (Å²) in [4.78, 5) is 2.51. The molecule has 28 heavy (non-hydrogen) atoms. The van der Waals surface area contributed by atoms with Gasteiger partial charge >= 0.3 is 0 Å². The summed E-state index contributed by atoms with van der Waals surface area (Å²) in [5.41, 5.74) is 0.428. The van der Waals surface area contributed by atoms with Gasteiger partial charge in [-0.1, -0.05) is 24.3 Å². The van der Waals surface area contributed by atoms with E-state index in [0.29, 0.717) is 41.7 Å². The molecule has 0 radical (unpaired) electrons. The third-order valence-electron chi connectivity index (χ3n) is 6.08. The topological polar surface area (TPSA) is 77.8 Å². The van der Waals surface area contributed by atoms with Gasteiger partial charge in [0.1, 0.15) is 0 Å². The maximum absolute atomic E-state index is 13.5. The third kappa shape index (κ3) is 3.66. The molecular weight excluding hydrogens is 381 g/mol. The Kier molecular flexibility index (Phi) is 5.16. The van der Waals surface area contributed by atoms with Crippen LogP contribution in [-0.4, -0.2) is 48.4 Å². The SMILES string of the molecule is O=S(=O)(c1ccccc1)[C@H]1C[C@@H]2CN(CC(O)c3ccc(O)c(F)c3)C[C@@H]2C1. The van der Waals surface area contributed by atoms with Gasteiger partial charge < -0.3 is 10.2 Å². The molecule has 1 saturated heterocycles. The van der Waals surface area contributed by atoms with Crippen LogP contribution < -0.4 is 0 Å². The molecule has 1 aliphatic carbocycles. The summed E-state index contributed by atoms with van der Waals surface area (Å²) in [7, 11) is -3.31. The van der Waals surface area contributed by atoms with E-state index in [1.54, 1.807) is 24.3 Å². The van der Waals surface area contributed by atoms with Crippen molar-refractivity contribution < 1.29 is 23.0 Å². The number of rotatable bonds is 5. The molecule has 150 valence electrons. The van der Waals surface area contributed by atoms with Gasteiger partial charge in [0.05, 0.1) is 16.2 Å². The predicted octanol–water partition coefficient (Wildman–Crippen LogP) is 2.75. The zero-order chi connectivity index (χ0) is 19.9. The minimum atomic E-state index is -3.31. The van der Waals surface area contributed by atoms with E-state index in [2.05, 4.69) is 4.90 Å². The Morgan fingerprint density at radius 3 is 2.32 bits per heavy atom. The lowest BCUT2D eigenvalue weighted by Crippen LogP contribution is -2.29. The summed E-state index contributed by atoms with van der Waals surface area (Å²) < 4.78 is 39.2. The Morgan fingerprint density at radius 1 is 1.07 bits per heavy atom. The number of sulfone groups is 1. The van der Waals surface area contributed by atoms with Crippen molar-refractivity contribution in [2.24, 2.45) is 11.8 Å². The zero-order valence-corrected chi connectivity index (χ0v) is 16.2. The summed E-state index contributed by atoms with van der Waals surface area (Å²) >= 11 is 0. The Hall–Kier alpha value is -1.96. The van der Waals surface area contributed by atoms with E-state index in [1.807, 2.05) is 6.07 Å². The molecule has 1 unspecified atom stereocenters. The first-order valence-corrected chi connectivity index (χ1v) is 11.1. The van der Waals surface area contributed by atoms with E-state index in [1.165, 1.54) is 12.1 Å². The number of nitrogens with zero attached hydrogens (tertiary/aromatic N) is 1. The molecule has 1 aliphatic heterocycles. The number of hydrogen-bond donors (Lipinski definition) is 2. The first-order chi connectivity index (χ1) is 13.3. The van der Waals surface area contributed by atoms with Crippen molar-refractivity contribution in [3.63, 3.8) is 0 Å². The average Bonchev–Trinajstić information content (AvgIpc) is 3.23. The monoisotopic (exact) mass is 405 g/mol. The summed E-state index contributed by atoms with van der Waals surface area (Å²) in [6.07, 6.45) is 0.433. The molecule has 1 heterocycles. The molecule has 1 saturated carbocycles. The fourth-order valence-electron chi connectivity index (χ4n) is 4.63. The van der Waals surface area contributed by atoms with Gasteiger partial charge in [-0.3, -0.25) is 4.90 Å². The Balaban J connectivity index is 1.37. The third-order valence-corrected chi connectivity index (χ3v) is 8.27. The second-order valence-electron chi connectivity index (χ2n) is 7.92. The summed E-state index contributed by atoms with van der Waals surface area (Å²) in [6.45, 7) is 1.85. The molecule has 0 aromatic heterocycles. The molecule has 2 N–H and O–H groups in total. The molecule has 2 aliphatic rings. The number of likely N-dealkylation sites (tertiary alicyclic amines) is 1. The van der Waals surface area contributed by atoms with Crippen LogP contribution in [0, 0.1) is 17.7 Å². The highest BCUT2D eigenvalue weighted by Gasteiger charge is 2.45. The molecule has 2 aromatic rings. The number of aromatic hydroxyl groups is 1. The largest absolute Gasteiger partial charge is 0.505 e. The second kappa shape index (κ2) is 7.46. The van der Waals surface area contributed by atoms with Crippen LogP contribution in [-0.2, 0) is 9.84 Å². The quantitative estimate of drug-likeness (QED) is 0.800. The molecular formula is C21H24FNO4S. The van der Waals surface area contributed by atoms with Crippen LogP contribution in [0.4, 0.5) is 4.39 Å². The molecule has 5 nitrogen and oxygen atoms in total. The van der Waals surface area contributed by atoms with Crippen LogP contribution in [0.15, 0.2) is 53.4 Å². The predicted molar refractivity (Wildman–Crippen MR) is 103 cm³/mol. The molecule has 7 heteroatoms. The van der Waals surface area contributed by atoms with Gasteiger partial charge in [0.25, 0.3) is 0 Å². The van der Waals surface area contributed by atoms with Crippen LogP contribution in [0.1, 0.15) is 24.5 Å². The first-order valence-electron chi connectivity index (χ1n) is 9.52. The average molecular weight is 405 g/mol. The summed E-state index contributed by atoms with van der Waals surface area (Å²) in [5, 5.41) is 19.3. The normalized spacial score (nSPS) is 26.3. The van der Waals surface area contributed by atoms with Crippen molar-refractivity contribution >= 4 is 9.84 Å². The number of fused-ring (bicyclic) bond motifs is 1. The van der Waals surface area contributed by atoms with Crippen molar-refractivity contribution in [2.45, 2.75) is 29.1 Å². The molecule has 2 aromatic carbocycles. The van der Waals surface area contributed by atoms with E-state index in [4.69, 9.17) is 0 Å². The number of hydrogen-bond acceptors (Lipinski definition) is 5. The van der Waals surface area contributed by atoms with Crippen LogP contribution in [0.25, 0.3) is 0 Å². The van der Waals surface area contributed by atoms with Crippen molar-refractivity contribution in [1.29, 1.82) is 0 Å². The minimum absolute atomic E-state index is 0.298. The summed E-state index contributed by atoms with van der Waals surface area (Å²) in [5.74, 6) is -0.583. The molecule has 2 fully saturated rings. The fourth-order valence-corrected chi connectivity index (χ4v) is 6.55. The van der Waals surface area contributed by atoms with E-state index in [-0.39, 0.29) is 5.25 Å². The first kappa shape index (κ1) is 19.4. The lowest BCUT2D eigenvalue weighted by Gasteiger charge is -2.22. The van der Waals surface area contributed by atoms with Crippen LogP contribution in [0.5, 0.6) is 5.75 Å². The van der Waals surface area contributed by atoms with Crippen LogP contribution in [0.3, 0.4) is 0 Å². The number of phenolic OH excluding ortho intramolecular Hbond substituents is 1. The maximum Gasteiger partial charge on any atom is 0.181 e. The highest BCUT2D eigenvalue weighted by atomic mass is 32.2. The number of phenols is 1. The molecule has 0 bridgehead atoms. The van der Waals surface area contributed by atoms with Gasteiger partial charge in [-0.2, -0.15) is 0 Å². The van der Waals surface area contributed by atoms with Gasteiger partial charge in [0.15, 0.2) is 21.4 Å². The van der Waals surface area contributed by atoms with Gasteiger partial charge in [0.2, 0.25) is 0 Å². The van der Waals surface area contributed by atoms with Gasteiger partial charge in [-0.05, 0) is 54.5 Å². The van der Waals surface area contributed by atoms with Crippen molar-refractivity contribution in [3.05, 3.63) is 59.9 Å². The summed E-state index contributed by atoms with van der Waals surface area (Å²) in [6, 6.07) is 12.5.